The van der Waals surface area contributed by atoms with Crippen LogP contribution in [0.5, 0.6) is 6.01 Å². The van der Waals surface area contributed by atoms with E-state index in [0.717, 1.165) is 35.5 Å². The zero-order valence-electron chi connectivity index (χ0n) is 25.1. The highest BCUT2D eigenvalue weighted by molar-refractivity contribution is 7.86. The van der Waals surface area contributed by atoms with E-state index < -0.39 is 26.1 Å². The van der Waals surface area contributed by atoms with E-state index in [4.69, 9.17) is 19.1 Å². The lowest BCUT2D eigenvalue weighted by Gasteiger charge is -2.07. The summed E-state index contributed by atoms with van der Waals surface area (Å²) in [6.07, 6.45) is 3.49. The molecular formula is C31H29FN6O7S2. The summed E-state index contributed by atoms with van der Waals surface area (Å²) in [7, 11) is -8.04. The Kier molecular flexibility index (Phi) is 11.1. The van der Waals surface area contributed by atoms with Gasteiger partial charge in [0.1, 0.15) is 12.4 Å². The van der Waals surface area contributed by atoms with Gasteiger partial charge in [-0.15, -0.1) is 0 Å². The normalized spacial score (nSPS) is 12.1. The van der Waals surface area contributed by atoms with Crippen LogP contribution >= 0.6 is 0 Å². The van der Waals surface area contributed by atoms with Crippen LogP contribution in [0, 0.1) is 31.0 Å². The number of rotatable bonds is 6. The number of halogens is 1. The molecule has 3 heterocycles. The van der Waals surface area contributed by atoms with Crippen LogP contribution in [0.25, 0.3) is 5.82 Å². The summed E-state index contributed by atoms with van der Waals surface area (Å²) in [5.74, 6) is 0.0888. The summed E-state index contributed by atoms with van der Waals surface area (Å²) in [6.45, 7) is 5.19. The molecule has 47 heavy (non-hydrogen) atoms. The first-order chi connectivity index (χ1) is 22.2. The number of hydrogen-bond acceptors (Lipinski definition) is 10. The number of nitrogens with one attached hydrogen (secondary N) is 1. The fourth-order valence-electron chi connectivity index (χ4n) is 4.00. The lowest BCUT2D eigenvalue weighted by molar-refractivity contribution is 0.275. The molecule has 1 aliphatic heterocycles. The maximum Gasteiger partial charge on any atom is 0.318 e. The summed E-state index contributed by atoms with van der Waals surface area (Å²) in [5.41, 5.74) is 4.65. The molecule has 5 aromatic rings. The van der Waals surface area contributed by atoms with E-state index in [9.17, 15) is 21.2 Å². The van der Waals surface area contributed by atoms with Crippen LogP contribution in [-0.2, 0) is 39.9 Å². The highest BCUT2D eigenvalue weighted by atomic mass is 32.2. The van der Waals surface area contributed by atoms with E-state index in [1.807, 2.05) is 26.1 Å². The molecule has 1 aliphatic rings. The third-order valence-corrected chi connectivity index (χ3v) is 8.25. The second-order valence-corrected chi connectivity index (χ2v) is 13.0. The van der Waals surface area contributed by atoms with Gasteiger partial charge in [-0.1, -0.05) is 41.5 Å². The number of aryl methyl sites for hydroxylation is 2. The van der Waals surface area contributed by atoms with Gasteiger partial charge < -0.3 is 10.1 Å². The van der Waals surface area contributed by atoms with Crippen molar-refractivity contribution >= 4 is 20.2 Å². The SMILES string of the molecule is Cc1ccc(S(=O)(=O)O)cc1.Cc1ccc(S(=O)(=O)O)cc1.N#Cc1ccc(COc2nccc(-n3cc4c(n3)CNC4)n2)c(F)c1. The third-order valence-electron chi connectivity index (χ3n) is 6.52. The lowest BCUT2D eigenvalue weighted by Crippen LogP contribution is -2.07. The molecule has 6 rings (SSSR count). The topological polar surface area (TPSA) is 197 Å². The minimum Gasteiger partial charge on any atom is -0.458 e. The predicted octanol–water partition coefficient (Wildman–Crippen LogP) is 4.34. The smallest absolute Gasteiger partial charge is 0.318 e. The molecule has 0 unspecified atom stereocenters. The molecule has 0 saturated carbocycles. The molecule has 16 heteroatoms. The van der Waals surface area contributed by atoms with Crippen molar-refractivity contribution in [3.8, 4) is 17.9 Å². The van der Waals surface area contributed by atoms with Gasteiger partial charge in [0, 0.05) is 42.7 Å². The fourth-order valence-corrected chi connectivity index (χ4v) is 4.96. The van der Waals surface area contributed by atoms with Crippen molar-refractivity contribution in [2.45, 2.75) is 43.3 Å². The van der Waals surface area contributed by atoms with E-state index in [1.165, 1.54) is 36.4 Å². The predicted molar refractivity (Wildman–Crippen MR) is 167 cm³/mol. The lowest BCUT2D eigenvalue weighted by atomic mass is 10.1. The van der Waals surface area contributed by atoms with Crippen LogP contribution in [0.15, 0.2) is 95.0 Å². The van der Waals surface area contributed by atoms with Gasteiger partial charge in [0.2, 0.25) is 0 Å². The van der Waals surface area contributed by atoms with Crippen LogP contribution in [0.4, 0.5) is 4.39 Å². The van der Waals surface area contributed by atoms with E-state index in [2.05, 4.69) is 20.4 Å². The Morgan fingerprint density at radius 1 is 0.915 bits per heavy atom. The maximum absolute atomic E-state index is 13.9. The molecular weight excluding hydrogens is 652 g/mol. The summed E-state index contributed by atoms with van der Waals surface area (Å²) in [5, 5.41) is 16.5. The maximum atomic E-state index is 13.9. The second kappa shape index (κ2) is 15.0. The van der Waals surface area contributed by atoms with E-state index >= 15 is 0 Å². The molecule has 3 N–H and O–H groups in total. The summed E-state index contributed by atoms with van der Waals surface area (Å²) >= 11 is 0. The largest absolute Gasteiger partial charge is 0.458 e. The van der Waals surface area contributed by atoms with Gasteiger partial charge in [-0.2, -0.15) is 32.2 Å². The van der Waals surface area contributed by atoms with Crippen molar-refractivity contribution in [2.24, 2.45) is 0 Å². The summed E-state index contributed by atoms with van der Waals surface area (Å²) < 4.78 is 80.2. The van der Waals surface area contributed by atoms with Crippen molar-refractivity contribution in [1.82, 2.24) is 25.1 Å². The first-order valence-corrected chi connectivity index (χ1v) is 16.6. The first kappa shape index (κ1) is 34.8. The Hall–Kier alpha value is -5.05. The van der Waals surface area contributed by atoms with Crippen molar-refractivity contribution in [3.05, 3.63) is 125 Å². The molecule has 0 amide bonds. The molecule has 0 fully saturated rings. The molecule has 0 aliphatic carbocycles. The van der Waals surface area contributed by atoms with Crippen LogP contribution < -0.4 is 10.1 Å². The number of fused-ring (bicyclic) bond motifs is 1. The zero-order chi connectivity index (χ0) is 34.2. The number of nitriles is 1. The number of nitrogens with zero attached hydrogens (tertiary/aromatic N) is 5. The molecule has 0 atom stereocenters. The average molecular weight is 681 g/mol. The van der Waals surface area contributed by atoms with Gasteiger partial charge in [0.05, 0.1) is 27.1 Å². The molecule has 2 aromatic heterocycles. The van der Waals surface area contributed by atoms with Gasteiger partial charge in [0.15, 0.2) is 5.82 Å². The Morgan fingerprint density at radius 3 is 2.02 bits per heavy atom. The molecule has 3 aromatic carbocycles. The van der Waals surface area contributed by atoms with Crippen molar-refractivity contribution < 1.29 is 35.1 Å². The Balaban J connectivity index is 0.000000188. The molecule has 0 bridgehead atoms. The standard InChI is InChI=1S/C17H13FN6O.2C7H8O3S/c18-14-5-11(6-19)1-2-12(14)10-25-17-21-4-3-16(22-17)24-9-13-7-20-8-15(13)23-24;2*1-6-2-4-7(5-3-6)11(8,9)10/h1-5,9,20H,7-8,10H2;2*2-5H,1H3,(H,8,9,10). The number of benzene rings is 3. The minimum atomic E-state index is -4.02. The number of aromatic nitrogens is 4. The van der Waals surface area contributed by atoms with Gasteiger partial charge in [-0.3, -0.25) is 9.11 Å². The highest BCUT2D eigenvalue weighted by Gasteiger charge is 2.16. The Morgan fingerprint density at radius 2 is 1.51 bits per heavy atom. The van der Waals surface area contributed by atoms with Gasteiger partial charge in [0.25, 0.3) is 20.2 Å². The van der Waals surface area contributed by atoms with Crippen LogP contribution in [-0.4, -0.2) is 45.7 Å². The van der Waals surface area contributed by atoms with E-state index in [-0.39, 0.29) is 28.0 Å². The van der Waals surface area contributed by atoms with E-state index in [1.54, 1.807) is 47.3 Å². The molecule has 244 valence electrons. The van der Waals surface area contributed by atoms with Gasteiger partial charge in [-0.25, -0.2) is 14.1 Å². The quantitative estimate of drug-likeness (QED) is 0.215. The van der Waals surface area contributed by atoms with Crippen LogP contribution in [0.3, 0.4) is 0 Å². The molecule has 0 radical (unpaired) electrons. The molecule has 13 nitrogen and oxygen atoms in total. The monoisotopic (exact) mass is 680 g/mol. The third kappa shape index (κ3) is 9.97. The minimum absolute atomic E-state index is 0.0273. The van der Waals surface area contributed by atoms with Crippen molar-refractivity contribution in [1.29, 1.82) is 5.26 Å². The fraction of sp³-hybridized carbons (Fsp3) is 0.161. The second-order valence-electron chi connectivity index (χ2n) is 10.1. The number of hydrogen-bond donors (Lipinski definition) is 3. The van der Waals surface area contributed by atoms with Gasteiger partial charge >= 0.3 is 6.01 Å². The van der Waals surface area contributed by atoms with Crippen LogP contribution in [0.2, 0.25) is 0 Å². The van der Waals surface area contributed by atoms with Crippen LogP contribution in [0.1, 0.15) is 33.5 Å². The Bertz CT molecular complexity index is 2020. The van der Waals surface area contributed by atoms with Gasteiger partial charge in [-0.05, 0) is 50.2 Å². The average Bonchev–Trinajstić information content (AvgIpc) is 3.64. The highest BCUT2D eigenvalue weighted by Crippen LogP contribution is 2.17. The summed E-state index contributed by atoms with van der Waals surface area (Å²) in [6, 6.07) is 20.0. The summed E-state index contributed by atoms with van der Waals surface area (Å²) in [4.78, 5) is 8.22. The number of ether oxygens (including phenoxy) is 1. The Labute approximate surface area is 270 Å². The zero-order valence-corrected chi connectivity index (χ0v) is 26.7. The van der Waals surface area contributed by atoms with E-state index in [0.29, 0.717) is 11.4 Å². The molecule has 0 spiro atoms. The van der Waals surface area contributed by atoms with Crippen molar-refractivity contribution in [3.63, 3.8) is 0 Å². The first-order valence-electron chi connectivity index (χ1n) is 13.7. The van der Waals surface area contributed by atoms with Crippen molar-refractivity contribution in [2.75, 3.05) is 0 Å². The molecule has 0 saturated heterocycles.